The van der Waals surface area contributed by atoms with Crippen molar-refractivity contribution in [3.63, 3.8) is 0 Å². The average molecular weight is 1360 g/mol. The molecule has 15 rings (SSSR count). The second kappa shape index (κ2) is 31.2. The van der Waals surface area contributed by atoms with Gasteiger partial charge in [0, 0.05) is 98.6 Å². The van der Waals surface area contributed by atoms with Gasteiger partial charge in [0.2, 0.25) is 0 Å². The number of halogens is 3. The summed E-state index contributed by atoms with van der Waals surface area (Å²) in [5, 5.41) is 8.21. The van der Waals surface area contributed by atoms with Crippen molar-refractivity contribution in [1.82, 2.24) is 0 Å². The van der Waals surface area contributed by atoms with Crippen molar-refractivity contribution in [2.45, 2.75) is 141 Å². The maximum Gasteiger partial charge on any atom is 0.485 e. The molecule has 0 unspecified atom stereocenters. The third kappa shape index (κ3) is 16.0. The van der Waals surface area contributed by atoms with E-state index < -0.39 is 15.6 Å². The van der Waals surface area contributed by atoms with E-state index in [2.05, 4.69) is 221 Å². The number of alkyl halides is 3. The predicted molar refractivity (Wildman–Crippen MR) is 386 cm³/mol. The van der Waals surface area contributed by atoms with Gasteiger partial charge in [0.15, 0.2) is 73.4 Å². The van der Waals surface area contributed by atoms with Crippen LogP contribution in [0.3, 0.4) is 0 Å². The van der Waals surface area contributed by atoms with Crippen LogP contribution in [0.25, 0.3) is 75.2 Å². The Morgan fingerprint density at radius 2 is 0.568 bits per heavy atom. The van der Waals surface area contributed by atoms with E-state index >= 15 is 0 Å². The zero-order valence-corrected chi connectivity index (χ0v) is 57.2. The number of rotatable bonds is 15. The number of aryl methyl sites for hydroxylation is 3. The first kappa shape index (κ1) is 67.6. The van der Waals surface area contributed by atoms with Crippen molar-refractivity contribution in [3.8, 4) is 31.9 Å². The molecule has 3 saturated carbocycles. The second-order valence-electron chi connectivity index (χ2n) is 24.6. The van der Waals surface area contributed by atoms with Crippen molar-refractivity contribution in [2.24, 2.45) is 0 Å². The molecule has 9 nitrogen and oxygen atoms in total. The Morgan fingerprint density at radius 3 is 0.768 bits per heavy atom. The number of thiophene rings is 3. The summed E-state index contributed by atoms with van der Waals surface area (Å²) in [4.78, 5) is 4.13. The Kier molecular flexibility index (Phi) is 22.2. The maximum atomic E-state index is 10.7. The van der Waals surface area contributed by atoms with E-state index in [9.17, 15) is 13.2 Å². The number of fused-ring (bicyclic) bond motifs is 9. The molecule has 0 radical (unpaired) electrons. The standard InChI is InChI=1S/3C26H27O2S.CHF3O3S/c3*1-19-17-21(28-18-27-20-9-3-2-4-10-20)15-16-24(19)29-25-13-7-5-11-22(25)23-12-6-8-14-26(23)29;2-1(3,4)8(5,6)7/h3*5-8,11-17,20H,2-4,9-10,18H2,1H3;(H,5,6,7)/q3*+1;/p-1. The third-order valence-corrected chi connectivity index (χ3v) is 26.2. The summed E-state index contributed by atoms with van der Waals surface area (Å²) in [6.45, 7) is 7.63. The van der Waals surface area contributed by atoms with Crippen LogP contribution in [0.4, 0.5) is 13.2 Å². The SMILES string of the molecule is Cc1cc(OCOC2CCCCC2)ccc1-[s+]1c2ccccc2c2ccccc21.Cc1cc(OCOC2CCCCC2)ccc1-[s+]1c2ccccc2c2ccccc21.Cc1cc(OCOC2CCCCC2)ccc1-[s+]1c2ccccc2c2ccccc21.O=S(=O)([O-])C(F)(F)F. The summed E-state index contributed by atoms with van der Waals surface area (Å²) in [5.74, 6) is 2.68. The second-order valence-corrected chi connectivity index (χ2v) is 31.8. The van der Waals surface area contributed by atoms with Gasteiger partial charge in [0.05, 0.1) is 18.3 Å². The largest absolute Gasteiger partial charge is 0.741 e. The lowest BCUT2D eigenvalue weighted by atomic mass is 9.98. The van der Waals surface area contributed by atoms with E-state index in [0.717, 1.165) is 17.2 Å². The molecule has 0 N–H and O–H groups in total. The van der Waals surface area contributed by atoms with Gasteiger partial charge >= 0.3 is 5.51 Å². The molecule has 0 saturated heterocycles. The van der Waals surface area contributed by atoms with Crippen LogP contribution in [-0.2, 0) is 24.3 Å². The Hall–Kier alpha value is -7.38. The van der Waals surface area contributed by atoms with Crippen molar-refractivity contribution in [1.29, 1.82) is 0 Å². The van der Waals surface area contributed by atoms with E-state index in [1.54, 1.807) is 0 Å². The zero-order chi connectivity index (χ0) is 65.9. The van der Waals surface area contributed by atoms with Crippen LogP contribution in [0.5, 0.6) is 17.2 Å². The lowest BCUT2D eigenvalue weighted by Crippen LogP contribution is -2.21. The van der Waals surface area contributed by atoms with E-state index in [1.165, 1.54) is 188 Å². The maximum absolute atomic E-state index is 10.7. The van der Waals surface area contributed by atoms with Crippen LogP contribution in [0.2, 0.25) is 0 Å². The lowest BCUT2D eigenvalue weighted by Gasteiger charge is -2.21. The minimum absolute atomic E-state index is 0.0568. The highest BCUT2D eigenvalue weighted by Crippen LogP contribution is 2.53. The van der Waals surface area contributed by atoms with Gasteiger partial charge in [-0.3, -0.25) is 0 Å². The van der Waals surface area contributed by atoms with Gasteiger partial charge in [-0.05, 0) is 168 Å². The van der Waals surface area contributed by atoms with Crippen molar-refractivity contribution in [3.05, 3.63) is 217 Å². The molecule has 3 fully saturated rings. The van der Waals surface area contributed by atoms with Crippen LogP contribution in [0.1, 0.15) is 113 Å². The molecule has 3 aliphatic rings. The summed E-state index contributed by atoms with van der Waals surface area (Å²) >= 11 is 0. The predicted octanol–water partition coefficient (Wildman–Crippen LogP) is 23.2. The molecule has 0 bridgehead atoms. The molecular formula is C79H81F3O9S4+2. The van der Waals surface area contributed by atoms with Gasteiger partial charge in [0.1, 0.15) is 17.2 Å². The van der Waals surface area contributed by atoms with Crippen LogP contribution >= 0.6 is 31.4 Å². The Labute approximate surface area is 563 Å². The molecule has 3 aromatic heterocycles. The number of ether oxygens (including phenoxy) is 6. The molecule has 0 atom stereocenters. The quantitative estimate of drug-likeness (QED) is 0.0429. The topological polar surface area (TPSA) is 113 Å². The van der Waals surface area contributed by atoms with Gasteiger partial charge in [0.25, 0.3) is 0 Å². The minimum Gasteiger partial charge on any atom is -0.741 e. The van der Waals surface area contributed by atoms with Gasteiger partial charge < -0.3 is 33.0 Å². The first-order valence-electron chi connectivity index (χ1n) is 33.0. The first-order valence-corrected chi connectivity index (χ1v) is 38.1. The molecule has 95 heavy (non-hydrogen) atoms. The van der Waals surface area contributed by atoms with Crippen molar-refractivity contribution >= 4 is 102 Å². The Balaban J connectivity index is 0.000000129. The van der Waals surface area contributed by atoms with E-state index in [-0.39, 0.29) is 31.4 Å². The van der Waals surface area contributed by atoms with E-state index in [4.69, 9.17) is 41.4 Å². The molecule has 494 valence electrons. The Bertz CT molecular complexity index is 4090. The summed E-state index contributed by atoms with van der Waals surface area (Å²) in [6, 6.07) is 72.4. The monoisotopic (exact) mass is 1360 g/mol. The van der Waals surface area contributed by atoms with Gasteiger partial charge in [-0.2, -0.15) is 13.2 Å². The Morgan fingerprint density at radius 1 is 0.358 bits per heavy atom. The van der Waals surface area contributed by atoms with E-state index in [0.29, 0.717) is 38.7 Å². The van der Waals surface area contributed by atoms with Gasteiger partial charge in [-0.1, -0.05) is 131 Å². The molecule has 3 heterocycles. The number of hydrogen-bond acceptors (Lipinski definition) is 9. The van der Waals surface area contributed by atoms with Crippen molar-refractivity contribution in [2.75, 3.05) is 20.4 Å². The highest BCUT2D eigenvalue weighted by molar-refractivity contribution is 7.86. The molecule has 16 heteroatoms. The number of benzene rings is 9. The van der Waals surface area contributed by atoms with Gasteiger partial charge in [-0.25, -0.2) is 8.42 Å². The van der Waals surface area contributed by atoms with Crippen LogP contribution in [0.15, 0.2) is 200 Å². The average Bonchev–Trinajstić information content (AvgIpc) is 1.62. The summed E-state index contributed by atoms with van der Waals surface area (Å²) < 4.78 is 103. The van der Waals surface area contributed by atoms with Crippen LogP contribution in [-0.4, -0.2) is 57.2 Å². The van der Waals surface area contributed by atoms with Crippen LogP contribution < -0.4 is 14.2 Å². The minimum atomic E-state index is -6.09. The number of hydrogen-bond donors (Lipinski definition) is 0. The molecule has 0 aliphatic heterocycles. The fourth-order valence-corrected chi connectivity index (χ4v) is 20.9. The fraction of sp³-hybridized carbons (Fsp3) is 0.316. The molecule has 3 aliphatic carbocycles. The molecule has 12 aromatic rings. The fourth-order valence-electron chi connectivity index (χ4n) is 13.4. The molecule has 9 aromatic carbocycles. The molecule has 0 spiro atoms. The highest BCUT2D eigenvalue weighted by Gasteiger charge is 2.37. The first-order chi connectivity index (χ1) is 46.2. The molecule has 0 amide bonds. The smallest absolute Gasteiger partial charge is 0.485 e. The summed E-state index contributed by atoms with van der Waals surface area (Å²) in [6.07, 6.45) is 19.9. The highest BCUT2D eigenvalue weighted by atomic mass is 32.2. The summed E-state index contributed by atoms with van der Waals surface area (Å²) in [5.41, 5.74) is -1.83. The third-order valence-electron chi connectivity index (χ3n) is 18.1. The lowest BCUT2D eigenvalue weighted by molar-refractivity contribution is -0.0519. The van der Waals surface area contributed by atoms with Crippen molar-refractivity contribution < 1.29 is 54.6 Å². The van der Waals surface area contributed by atoms with E-state index in [1.807, 2.05) is 0 Å². The van der Waals surface area contributed by atoms with Gasteiger partial charge in [-0.15, -0.1) is 0 Å². The van der Waals surface area contributed by atoms with Crippen LogP contribution in [0, 0.1) is 20.8 Å². The summed E-state index contributed by atoms with van der Waals surface area (Å²) in [7, 11) is -6.26. The zero-order valence-electron chi connectivity index (χ0n) is 54.0. The molecular weight excluding hydrogens is 1280 g/mol. The normalized spacial score (nSPS) is 15.1.